The first kappa shape index (κ1) is 38.5. The highest BCUT2D eigenvalue weighted by Gasteiger charge is 2.09. The number of hydrogen-bond acceptors (Lipinski definition) is 4. The lowest BCUT2D eigenvalue weighted by atomic mass is 9.99. The average molecular weight is 514 g/mol. The van der Waals surface area contributed by atoms with Gasteiger partial charge in [0.1, 0.15) is 0 Å². The molecule has 0 bridgehead atoms. The van der Waals surface area contributed by atoms with Crippen molar-refractivity contribution in [1.82, 2.24) is 4.90 Å². The summed E-state index contributed by atoms with van der Waals surface area (Å²) in [6.45, 7) is 18.9. The van der Waals surface area contributed by atoms with Gasteiger partial charge < -0.3 is 29.4 Å². The summed E-state index contributed by atoms with van der Waals surface area (Å²) in [5, 5.41) is 8.79. The van der Waals surface area contributed by atoms with Crippen LogP contribution in [0.4, 0.5) is 0 Å². The molecule has 0 aliphatic rings. The van der Waals surface area contributed by atoms with Gasteiger partial charge in [-0.2, -0.15) is 0 Å². The van der Waals surface area contributed by atoms with Crippen LogP contribution in [-0.2, 0) is 9.30 Å². The second kappa shape index (κ2) is 29.2. The van der Waals surface area contributed by atoms with Gasteiger partial charge in [-0.05, 0) is 50.6 Å². The maximum absolute atomic E-state index is 8.88. The molecule has 2 unspecified atom stereocenters. The molecule has 0 aliphatic carbocycles. The first-order chi connectivity index (χ1) is 16.1. The summed E-state index contributed by atoms with van der Waals surface area (Å²) in [5.41, 5.74) is 0. The minimum atomic E-state index is -4.64. The molecular formula is C26H60NO6P. The highest BCUT2D eigenvalue weighted by molar-refractivity contribution is 7.45. The second-order valence-corrected chi connectivity index (χ2v) is 10.2. The van der Waals surface area contributed by atoms with Gasteiger partial charge in [-0.25, -0.2) is 4.57 Å². The molecule has 0 fully saturated rings. The van der Waals surface area contributed by atoms with E-state index in [9.17, 15) is 0 Å². The number of unbranched alkanes of at least 4 members (excludes halogenated alkanes) is 4. The largest absolute Gasteiger partial charge is 0.466 e. The quantitative estimate of drug-likeness (QED) is 0.140. The molecule has 0 aliphatic heterocycles. The van der Waals surface area contributed by atoms with Crippen LogP contribution in [0.2, 0.25) is 0 Å². The van der Waals surface area contributed by atoms with Gasteiger partial charge >= 0.3 is 7.82 Å². The maximum atomic E-state index is 8.88. The molecule has 8 heteroatoms. The van der Waals surface area contributed by atoms with E-state index in [1.807, 2.05) is 0 Å². The Labute approximate surface area is 211 Å². The Hall–Kier alpha value is -0.0100. The van der Waals surface area contributed by atoms with Crippen molar-refractivity contribution in [3.8, 4) is 0 Å². The molecule has 2 atom stereocenters. The fourth-order valence-corrected chi connectivity index (χ4v) is 3.44. The van der Waals surface area contributed by atoms with Gasteiger partial charge in [0.15, 0.2) is 0 Å². The van der Waals surface area contributed by atoms with Crippen LogP contribution in [-0.4, -0.2) is 64.1 Å². The van der Waals surface area contributed by atoms with Crippen molar-refractivity contribution in [2.24, 2.45) is 11.8 Å². The van der Waals surface area contributed by atoms with Crippen LogP contribution in [0.15, 0.2) is 0 Å². The van der Waals surface area contributed by atoms with Gasteiger partial charge in [0, 0.05) is 19.8 Å². The topological polar surface area (TPSA) is 110 Å². The van der Waals surface area contributed by atoms with Crippen LogP contribution in [0.3, 0.4) is 0 Å². The third kappa shape index (κ3) is 36.6. The lowest BCUT2D eigenvalue weighted by Gasteiger charge is -2.20. The Balaban J connectivity index is -0.000000490. The van der Waals surface area contributed by atoms with Crippen molar-refractivity contribution < 1.29 is 29.1 Å². The predicted octanol–water partition coefficient (Wildman–Crippen LogP) is 6.39. The van der Waals surface area contributed by atoms with E-state index in [2.05, 4.69) is 46.4 Å². The van der Waals surface area contributed by atoms with Crippen LogP contribution in [0.1, 0.15) is 119 Å². The average Bonchev–Trinajstić information content (AvgIpc) is 2.79. The summed E-state index contributed by atoms with van der Waals surface area (Å²) >= 11 is 0. The van der Waals surface area contributed by atoms with E-state index in [-0.39, 0.29) is 0 Å². The van der Waals surface area contributed by atoms with E-state index in [0.29, 0.717) is 6.61 Å². The zero-order valence-corrected chi connectivity index (χ0v) is 24.3. The minimum absolute atomic E-state index is 0.299. The SMILES string of the molecule is CCCCC(CC)COCC(CC)CCCC.CCCCN(CCO)CCCC.O=P(O)(O)O. The molecule has 0 aromatic heterocycles. The van der Waals surface area contributed by atoms with Crippen LogP contribution >= 0.6 is 7.82 Å². The van der Waals surface area contributed by atoms with Crippen molar-refractivity contribution in [3.63, 3.8) is 0 Å². The number of aliphatic hydroxyl groups excluding tert-OH is 1. The number of rotatable bonds is 20. The Bertz CT molecular complexity index is 390. The normalized spacial score (nSPS) is 13.0. The van der Waals surface area contributed by atoms with Crippen LogP contribution < -0.4 is 0 Å². The predicted molar refractivity (Wildman–Crippen MR) is 145 cm³/mol. The van der Waals surface area contributed by atoms with E-state index >= 15 is 0 Å². The summed E-state index contributed by atoms with van der Waals surface area (Å²) in [4.78, 5) is 23.9. The van der Waals surface area contributed by atoms with Crippen LogP contribution in [0, 0.1) is 11.8 Å². The molecule has 0 spiro atoms. The lowest BCUT2D eigenvalue weighted by molar-refractivity contribution is 0.0630. The molecule has 0 saturated carbocycles. The van der Waals surface area contributed by atoms with E-state index in [1.165, 1.54) is 77.0 Å². The van der Waals surface area contributed by atoms with Gasteiger partial charge in [0.2, 0.25) is 0 Å². The molecule has 0 aromatic rings. The molecule has 4 N–H and O–H groups in total. The Morgan fingerprint density at radius 1 is 0.676 bits per heavy atom. The molecule has 0 amide bonds. The van der Waals surface area contributed by atoms with Gasteiger partial charge in [0.25, 0.3) is 0 Å². The van der Waals surface area contributed by atoms with E-state index < -0.39 is 7.82 Å². The number of phosphoric acid groups is 1. The highest BCUT2D eigenvalue weighted by Crippen LogP contribution is 2.25. The third-order valence-electron chi connectivity index (χ3n) is 5.87. The molecule has 210 valence electrons. The monoisotopic (exact) mass is 513 g/mol. The number of nitrogens with zero attached hydrogens (tertiary/aromatic N) is 1. The highest BCUT2D eigenvalue weighted by atomic mass is 31.2. The molecule has 0 rings (SSSR count). The molecule has 34 heavy (non-hydrogen) atoms. The van der Waals surface area contributed by atoms with Gasteiger partial charge in [-0.15, -0.1) is 0 Å². The summed E-state index contributed by atoms with van der Waals surface area (Å²) in [6, 6.07) is 0. The zero-order valence-electron chi connectivity index (χ0n) is 23.4. The van der Waals surface area contributed by atoms with Crippen molar-refractivity contribution in [2.75, 3.05) is 39.5 Å². The minimum Gasteiger partial charge on any atom is -0.395 e. The van der Waals surface area contributed by atoms with Crippen molar-refractivity contribution in [1.29, 1.82) is 0 Å². The summed E-state index contributed by atoms with van der Waals surface area (Å²) in [7, 11) is -4.64. The van der Waals surface area contributed by atoms with Crippen molar-refractivity contribution in [3.05, 3.63) is 0 Å². The Kier molecular flexibility index (Phi) is 33.1. The summed E-state index contributed by atoms with van der Waals surface area (Å²) < 4.78 is 14.8. The smallest absolute Gasteiger partial charge is 0.395 e. The lowest BCUT2D eigenvalue weighted by Crippen LogP contribution is -2.28. The second-order valence-electron chi connectivity index (χ2n) is 9.16. The molecule has 0 radical (unpaired) electrons. The van der Waals surface area contributed by atoms with E-state index in [1.54, 1.807) is 0 Å². The molecule has 0 aromatic carbocycles. The fraction of sp³-hybridized carbons (Fsp3) is 1.00. The van der Waals surface area contributed by atoms with Gasteiger partial charge in [0.05, 0.1) is 6.61 Å². The first-order valence-corrected chi connectivity index (χ1v) is 15.4. The van der Waals surface area contributed by atoms with Gasteiger partial charge in [-0.3, -0.25) is 0 Å². The van der Waals surface area contributed by atoms with Gasteiger partial charge in [-0.1, -0.05) is 92.9 Å². The van der Waals surface area contributed by atoms with Crippen LogP contribution in [0.25, 0.3) is 0 Å². The molecule has 7 nitrogen and oxygen atoms in total. The van der Waals surface area contributed by atoms with Crippen LogP contribution in [0.5, 0.6) is 0 Å². The summed E-state index contributed by atoms with van der Waals surface area (Å²) in [5.74, 6) is 1.58. The number of aliphatic hydroxyl groups is 1. The standard InChI is InChI=1S/C16H34O.C10H23NO.H3O4P/c1-5-9-11-15(7-3)13-17-14-16(8-4)12-10-6-2;1-3-5-7-11(9-10-12)8-6-4-2;1-5(2,3)4/h15-16H,5-14H2,1-4H3;12H,3-10H2,1-2H3;(H3,1,2,3,4). The first-order valence-electron chi connectivity index (χ1n) is 13.8. The number of ether oxygens (including phenoxy) is 1. The molecule has 0 heterocycles. The molecule has 0 saturated heterocycles. The fourth-order valence-electron chi connectivity index (χ4n) is 3.44. The van der Waals surface area contributed by atoms with E-state index in [4.69, 9.17) is 29.1 Å². The Morgan fingerprint density at radius 3 is 1.29 bits per heavy atom. The van der Waals surface area contributed by atoms with Crippen molar-refractivity contribution >= 4 is 7.82 Å². The van der Waals surface area contributed by atoms with Crippen molar-refractivity contribution in [2.45, 2.75) is 119 Å². The zero-order chi connectivity index (χ0) is 26.7. The third-order valence-corrected chi connectivity index (χ3v) is 5.87. The Morgan fingerprint density at radius 2 is 1.03 bits per heavy atom. The summed E-state index contributed by atoms with van der Waals surface area (Å²) in [6.07, 6.45) is 15.6. The van der Waals surface area contributed by atoms with E-state index in [0.717, 1.165) is 44.7 Å². The maximum Gasteiger partial charge on any atom is 0.466 e. The number of hydrogen-bond donors (Lipinski definition) is 4. The molecular weight excluding hydrogens is 453 g/mol.